The van der Waals surface area contributed by atoms with Gasteiger partial charge in [0.15, 0.2) is 0 Å². The van der Waals surface area contributed by atoms with Crippen molar-refractivity contribution in [3.8, 4) is 5.75 Å². The van der Waals surface area contributed by atoms with Gasteiger partial charge in [-0.05, 0) is 50.6 Å². The van der Waals surface area contributed by atoms with Gasteiger partial charge in [0, 0.05) is 6.04 Å². The molecular weight excluding hydrogens is 368 g/mol. The summed E-state index contributed by atoms with van der Waals surface area (Å²) in [6.07, 6.45) is 0. The van der Waals surface area contributed by atoms with E-state index in [0.717, 1.165) is 0 Å². The van der Waals surface area contributed by atoms with E-state index in [1.165, 1.54) is 12.1 Å². The number of hydrogen-bond acceptors (Lipinski definition) is 3. The molecular formula is C20H23F2N3O3. The fraction of sp³-hybridized carbons (Fsp3) is 0.300. The molecule has 0 heterocycles. The Balaban J connectivity index is 2.11. The van der Waals surface area contributed by atoms with Crippen LogP contribution in [0.25, 0.3) is 0 Å². The van der Waals surface area contributed by atoms with E-state index in [4.69, 9.17) is 0 Å². The Morgan fingerprint density at radius 1 is 0.964 bits per heavy atom. The van der Waals surface area contributed by atoms with Crippen LogP contribution in [0.15, 0.2) is 48.5 Å². The van der Waals surface area contributed by atoms with Crippen LogP contribution in [-0.4, -0.2) is 24.6 Å². The van der Waals surface area contributed by atoms with Gasteiger partial charge >= 0.3 is 12.6 Å². The Morgan fingerprint density at radius 3 is 2.36 bits per heavy atom. The number of amides is 3. The van der Waals surface area contributed by atoms with Crippen molar-refractivity contribution in [2.75, 3.05) is 5.32 Å². The maximum atomic E-state index is 12.7. The van der Waals surface area contributed by atoms with E-state index in [0.29, 0.717) is 11.3 Å². The van der Waals surface area contributed by atoms with Crippen molar-refractivity contribution < 1.29 is 23.1 Å². The number of hydrogen-bond donors (Lipinski definition) is 3. The Labute approximate surface area is 162 Å². The maximum absolute atomic E-state index is 12.7. The van der Waals surface area contributed by atoms with Crippen molar-refractivity contribution in [2.24, 2.45) is 0 Å². The van der Waals surface area contributed by atoms with Crippen LogP contribution in [0.3, 0.4) is 0 Å². The zero-order chi connectivity index (χ0) is 20.7. The summed E-state index contributed by atoms with van der Waals surface area (Å²) in [5.74, 6) is -0.394. The third-order valence-electron chi connectivity index (χ3n) is 3.77. The van der Waals surface area contributed by atoms with Crippen molar-refractivity contribution >= 4 is 17.6 Å². The van der Waals surface area contributed by atoms with Gasteiger partial charge in [-0.3, -0.25) is 4.79 Å². The lowest BCUT2D eigenvalue weighted by molar-refractivity contribution is -0.0499. The third-order valence-corrected chi connectivity index (χ3v) is 3.77. The zero-order valence-corrected chi connectivity index (χ0v) is 15.8. The minimum atomic E-state index is -2.92. The molecule has 0 fully saturated rings. The number of carbonyl (C=O) groups is 2. The Bertz CT molecular complexity index is 828. The summed E-state index contributed by atoms with van der Waals surface area (Å²) < 4.78 is 29.2. The number of anilines is 1. The highest BCUT2D eigenvalue weighted by Crippen LogP contribution is 2.22. The van der Waals surface area contributed by atoms with Crippen LogP contribution >= 0.6 is 0 Å². The van der Waals surface area contributed by atoms with Crippen LogP contribution in [0.1, 0.15) is 42.7 Å². The van der Waals surface area contributed by atoms with Gasteiger partial charge in [-0.2, -0.15) is 8.78 Å². The fourth-order valence-corrected chi connectivity index (χ4v) is 2.53. The number of ether oxygens (including phenoxy) is 1. The van der Waals surface area contributed by atoms with E-state index in [-0.39, 0.29) is 17.4 Å². The average Bonchev–Trinajstić information content (AvgIpc) is 2.61. The van der Waals surface area contributed by atoms with E-state index >= 15 is 0 Å². The van der Waals surface area contributed by atoms with Gasteiger partial charge in [-0.15, -0.1) is 0 Å². The molecule has 2 aromatic rings. The molecule has 0 aliphatic rings. The molecule has 0 aliphatic carbocycles. The average molecular weight is 391 g/mol. The maximum Gasteiger partial charge on any atom is 0.387 e. The van der Waals surface area contributed by atoms with E-state index in [1.807, 2.05) is 13.8 Å². The molecule has 0 aromatic heterocycles. The largest absolute Gasteiger partial charge is 0.435 e. The minimum absolute atomic E-state index is 0.0148. The molecule has 3 amide bonds. The minimum Gasteiger partial charge on any atom is -0.435 e. The van der Waals surface area contributed by atoms with Crippen molar-refractivity contribution in [3.63, 3.8) is 0 Å². The molecule has 0 bridgehead atoms. The third kappa shape index (κ3) is 6.22. The summed E-state index contributed by atoms with van der Waals surface area (Å²) in [4.78, 5) is 24.6. The van der Waals surface area contributed by atoms with Gasteiger partial charge in [-0.1, -0.05) is 24.3 Å². The standard InChI is InChI=1S/C20H23F2N3O3/c1-12(2)23-20(27)25-17-10-5-4-9-16(17)18(26)24-13(3)14-7-6-8-15(11-14)28-19(21)22/h4-13,19H,1-3H3,(H,24,26)(H2,23,25,27). The first-order chi connectivity index (χ1) is 13.3. The van der Waals surface area contributed by atoms with Gasteiger partial charge < -0.3 is 20.7 Å². The Hall–Kier alpha value is -3.16. The predicted octanol–water partition coefficient (Wildman–Crippen LogP) is 4.31. The normalized spacial score (nSPS) is 11.8. The second kappa shape index (κ2) is 9.68. The van der Waals surface area contributed by atoms with E-state index < -0.39 is 24.6 Å². The van der Waals surface area contributed by atoms with Crippen molar-refractivity contribution in [1.82, 2.24) is 10.6 Å². The van der Waals surface area contributed by atoms with Crippen molar-refractivity contribution in [2.45, 2.75) is 39.5 Å². The summed E-state index contributed by atoms with van der Waals surface area (Å²) in [5.41, 5.74) is 1.25. The van der Waals surface area contributed by atoms with Crippen LogP contribution in [0.5, 0.6) is 5.75 Å². The van der Waals surface area contributed by atoms with Gasteiger partial charge in [0.05, 0.1) is 17.3 Å². The quantitative estimate of drug-likeness (QED) is 0.658. The predicted molar refractivity (Wildman–Crippen MR) is 103 cm³/mol. The molecule has 150 valence electrons. The summed E-state index contributed by atoms with van der Waals surface area (Å²) >= 11 is 0. The Kier molecular flexibility index (Phi) is 7.31. The molecule has 2 aromatic carbocycles. The second-order valence-electron chi connectivity index (χ2n) is 6.44. The molecule has 3 N–H and O–H groups in total. The molecule has 0 radical (unpaired) electrons. The van der Waals surface area contributed by atoms with E-state index in [2.05, 4.69) is 20.7 Å². The Morgan fingerprint density at radius 2 is 1.68 bits per heavy atom. The lowest BCUT2D eigenvalue weighted by Crippen LogP contribution is -2.35. The first-order valence-corrected chi connectivity index (χ1v) is 8.78. The van der Waals surface area contributed by atoms with Crippen molar-refractivity contribution in [1.29, 1.82) is 0 Å². The van der Waals surface area contributed by atoms with E-state index in [1.54, 1.807) is 43.3 Å². The summed E-state index contributed by atoms with van der Waals surface area (Å²) in [6, 6.07) is 11.8. The van der Waals surface area contributed by atoms with Crippen LogP contribution in [0.4, 0.5) is 19.3 Å². The first-order valence-electron chi connectivity index (χ1n) is 8.78. The van der Waals surface area contributed by atoms with E-state index in [9.17, 15) is 18.4 Å². The van der Waals surface area contributed by atoms with Gasteiger partial charge in [-0.25, -0.2) is 4.79 Å². The topological polar surface area (TPSA) is 79.5 Å². The zero-order valence-electron chi connectivity index (χ0n) is 15.8. The fourth-order valence-electron chi connectivity index (χ4n) is 2.53. The van der Waals surface area contributed by atoms with Crippen LogP contribution in [-0.2, 0) is 0 Å². The van der Waals surface area contributed by atoms with Crippen LogP contribution in [0.2, 0.25) is 0 Å². The molecule has 2 rings (SSSR count). The molecule has 8 heteroatoms. The van der Waals surface area contributed by atoms with Gasteiger partial charge in [0.2, 0.25) is 0 Å². The molecule has 0 aliphatic heterocycles. The van der Waals surface area contributed by atoms with Crippen molar-refractivity contribution in [3.05, 3.63) is 59.7 Å². The molecule has 1 unspecified atom stereocenters. The monoisotopic (exact) mass is 391 g/mol. The molecule has 0 saturated carbocycles. The molecule has 28 heavy (non-hydrogen) atoms. The number of benzene rings is 2. The molecule has 0 spiro atoms. The lowest BCUT2D eigenvalue weighted by atomic mass is 10.1. The second-order valence-corrected chi connectivity index (χ2v) is 6.44. The summed E-state index contributed by atoms with van der Waals surface area (Å²) in [5, 5.41) is 8.13. The number of rotatable bonds is 7. The molecule has 6 nitrogen and oxygen atoms in total. The highest BCUT2D eigenvalue weighted by atomic mass is 19.3. The molecule has 0 saturated heterocycles. The first kappa shape index (κ1) is 21.1. The molecule has 1 atom stereocenters. The number of para-hydroxylation sites is 1. The number of urea groups is 1. The van der Waals surface area contributed by atoms with Crippen LogP contribution in [0, 0.1) is 0 Å². The summed E-state index contributed by atoms with van der Waals surface area (Å²) in [6.45, 7) is 2.45. The number of halogens is 2. The highest BCUT2D eigenvalue weighted by Gasteiger charge is 2.17. The highest BCUT2D eigenvalue weighted by molar-refractivity contribution is 6.03. The lowest BCUT2D eigenvalue weighted by Gasteiger charge is -2.17. The number of carbonyl (C=O) groups excluding carboxylic acids is 2. The van der Waals surface area contributed by atoms with Gasteiger partial charge in [0.25, 0.3) is 5.91 Å². The smallest absolute Gasteiger partial charge is 0.387 e. The SMILES string of the molecule is CC(C)NC(=O)Nc1ccccc1C(=O)NC(C)c1cccc(OC(F)F)c1. The van der Waals surface area contributed by atoms with Crippen LogP contribution < -0.4 is 20.7 Å². The summed E-state index contributed by atoms with van der Waals surface area (Å²) in [7, 11) is 0. The number of nitrogens with one attached hydrogen (secondary N) is 3. The van der Waals surface area contributed by atoms with Gasteiger partial charge in [0.1, 0.15) is 5.75 Å². The number of alkyl halides is 2.